The van der Waals surface area contributed by atoms with E-state index >= 15 is 0 Å². The summed E-state index contributed by atoms with van der Waals surface area (Å²) in [7, 11) is 0. The molecule has 1 aliphatic rings. The molecule has 0 spiro atoms. The van der Waals surface area contributed by atoms with E-state index in [1.54, 1.807) is 0 Å². The Kier molecular flexibility index (Phi) is 2.25. The number of imidazole rings is 1. The van der Waals surface area contributed by atoms with Crippen LogP contribution >= 0.6 is 0 Å². The van der Waals surface area contributed by atoms with Crippen molar-refractivity contribution in [3.63, 3.8) is 0 Å². The third-order valence-electron chi connectivity index (χ3n) is 4.01. The first-order valence-electron chi connectivity index (χ1n) is 6.89. The quantitative estimate of drug-likeness (QED) is 0.591. The third kappa shape index (κ3) is 1.60. The van der Waals surface area contributed by atoms with Crippen LogP contribution in [-0.2, 0) is 12.8 Å². The maximum Gasteiger partial charge on any atom is 0.137 e. The first-order chi connectivity index (χ1) is 9.33. The summed E-state index contributed by atoms with van der Waals surface area (Å²) in [5.41, 5.74) is 7.62. The van der Waals surface area contributed by atoms with Crippen molar-refractivity contribution in [2.75, 3.05) is 0 Å². The molecular formula is C17H16N2. The van der Waals surface area contributed by atoms with Gasteiger partial charge in [-0.3, -0.25) is 0 Å². The van der Waals surface area contributed by atoms with Crippen LogP contribution in [0.15, 0.2) is 42.6 Å². The van der Waals surface area contributed by atoms with E-state index in [1.165, 1.54) is 34.5 Å². The number of aromatic nitrogens is 2. The largest absolute Gasteiger partial charge is 0.303 e. The minimum atomic E-state index is 1.07. The number of aryl methyl sites for hydroxylation is 3. The first-order valence-corrected chi connectivity index (χ1v) is 6.89. The highest BCUT2D eigenvalue weighted by atomic mass is 15.0. The van der Waals surface area contributed by atoms with Gasteiger partial charge in [0.25, 0.3) is 0 Å². The van der Waals surface area contributed by atoms with Gasteiger partial charge >= 0.3 is 0 Å². The fourth-order valence-electron chi connectivity index (χ4n) is 3.07. The van der Waals surface area contributed by atoms with Gasteiger partial charge in [0, 0.05) is 11.8 Å². The molecule has 1 aliphatic carbocycles. The zero-order chi connectivity index (χ0) is 12.8. The second kappa shape index (κ2) is 3.95. The molecule has 0 amide bonds. The molecule has 19 heavy (non-hydrogen) atoms. The predicted molar refractivity (Wildman–Crippen MR) is 77.4 cm³/mol. The molecule has 94 valence electrons. The fraction of sp³-hybridized carbons (Fsp3) is 0.235. The van der Waals surface area contributed by atoms with Crippen LogP contribution in [0.1, 0.15) is 23.2 Å². The summed E-state index contributed by atoms with van der Waals surface area (Å²) in [6.07, 6.45) is 5.62. The number of rotatable bonds is 0. The first kappa shape index (κ1) is 10.8. The van der Waals surface area contributed by atoms with Gasteiger partial charge in [-0.25, -0.2) is 4.98 Å². The van der Waals surface area contributed by atoms with Gasteiger partial charge in [0.05, 0.1) is 11.4 Å². The van der Waals surface area contributed by atoms with Gasteiger partial charge in [-0.05, 0) is 49.4 Å². The van der Waals surface area contributed by atoms with Gasteiger partial charge in [0.2, 0.25) is 0 Å². The Balaban J connectivity index is 2.07. The maximum absolute atomic E-state index is 4.88. The highest BCUT2D eigenvalue weighted by Gasteiger charge is 2.19. The normalized spacial score (nSPS) is 13.9. The van der Waals surface area contributed by atoms with E-state index in [1.807, 2.05) is 0 Å². The van der Waals surface area contributed by atoms with Crippen LogP contribution in [0, 0.1) is 6.92 Å². The van der Waals surface area contributed by atoms with Crippen molar-refractivity contribution in [1.29, 1.82) is 0 Å². The number of pyridine rings is 1. The standard InChI is InChI=1S/C17H16N2/c1-12-9-10-19-15-8-4-6-13-5-2-3-7-14(13)17(15)18-16(19)11-12/h2-3,5,7,9-11H,4,6,8H2,1H3. The molecule has 2 heterocycles. The number of benzene rings is 1. The molecule has 0 N–H and O–H groups in total. The SMILES string of the molecule is Cc1ccn2c3c(nc2c1)-c1ccccc1CCC3. The van der Waals surface area contributed by atoms with Crippen molar-refractivity contribution >= 4 is 5.65 Å². The lowest BCUT2D eigenvalue weighted by Crippen LogP contribution is -1.93. The van der Waals surface area contributed by atoms with Crippen LogP contribution in [0.3, 0.4) is 0 Å². The highest BCUT2D eigenvalue weighted by molar-refractivity contribution is 5.70. The van der Waals surface area contributed by atoms with Crippen molar-refractivity contribution in [2.24, 2.45) is 0 Å². The van der Waals surface area contributed by atoms with Crippen molar-refractivity contribution < 1.29 is 0 Å². The summed E-state index contributed by atoms with van der Waals surface area (Å²) < 4.78 is 2.25. The Morgan fingerprint density at radius 3 is 2.95 bits per heavy atom. The van der Waals surface area contributed by atoms with Gasteiger partial charge in [-0.15, -0.1) is 0 Å². The topological polar surface area (TPSA) is 17.3 Å². The monoisotopic (exact) mass is 248 g/mol. The van der Waals surface area contributed by atoms with Crippen LogP contribution in [0.5, 0.6) is 0 Å². The van der Waals surface area contributed by atoms with Gasteiger partial charge in [-0.2, -0.15) is 0 Å². The van der Waals surface area contributed by atoms with E-state index in [0.29, 0.717) is 0 Å². The summed E-state index contributed by atoms with van der Waals surface area (Å²) in [6, 6.07) is 13.0. The van der Waals surface area contributed by atoms with E-state index in [-0.39, 0.29) is 0 Å². The minimum absolute atomic E-state index is 1.07. The Labute approximate surface area is 112 Å². The lowest BCUT2D eigenvalue weighted by Gasteiger charge is -2.03. The molecule has 2 heteroatoms. The molecule has 0 atom stereocenters. The maximum atomic E-state index is 4.88. The summed E-state index contributed by atoms with van der Waals surface area (Å²) in [4.78, 5) is 4.88. The highest BCUT2D eigenvalue weighted by Crippen LogP contribution is 2.32. The lowest BCUT2D eigenvalue weighted by atomic mass is 10.0. The molecule has 3 aromatic rings. The molecule has 1 aromatic carbocycles. The molecule has 0 bridgehead atoms. The molecule has 4 rings (SSSR count). The van der Waals surface area contributed by atoms with Crippen molar-refractivity contribution in [2.45, 2.75) is 26.2 Å². The van der Waals surface area contributed by atoms with E-state index in [9.17, 15) is 0 Å². The van der Waals surface area contributed by atoms with Crippen LogP contribution < -0.4 is 0 Å². The van der Waals surface area contributed by atoms with E-state index in [4.69, 9.17) is 4.98 Å². The lowest BCUT2D eigenvalue weighted by molar-refractivity contribution is 0.805. The van der Waals surface area contributed by atoms with Gasteiger partial charge in [0.1, 0.15) is 5.65 Å². The molecule has 2 nitrogen and oxygen atoms in total. The Bertz CT molecular complexity index is 768. The van der Waals surface area contributed by atoms with Crippen LogP contribution in [-0.4, -0.2) is 9.38 Å². The fourth-order valence-corrected chi connectivity index (χ4v) is 3.07. The Hall–Kier alpha value is -2.09. The number of nitrogens with zero attached hydrogens (tertiary/aromatic N) is 2. The summed E-state index contributed by atoms with van der Waals surface area (Å²) in [6.45, 7) is 2.12. The zero-order valence-corrected chi connectivity index (χ0v) is 11.1. The number of hydrogen-bond acceptors (Lipinski definition) is 1. The predicted octanol–water partition coefficient (Wildman–Crippen LogP) is 3.80. The molecule has 2 aromatic heterocycles. The van der Waals surface area contributed by atoms with Crippen LogP contribution in [0.2, 0.25) is 0 Å². The van der Waals surface area contributed by atoms with E-state index in [0.717, 1.165) is 18.5 Å². The second-order valence-electron chi connectivity index (χ2n) is 5.35. The van der Waals surface area contributed by atoms with E-state index < -0.39 is 0 Å². The average Bonchev–Trinajstić information content (AvgIpc) is 2.67. The number of hydrogen-bond donors (Lipinski definition) is 0. The van der Waals surface area contributed by atoms with Gasteiger partial charge in [0.15, 0.2) is 0 Å². The van der Waals surface area contributed by atoms with Crippen molar-refractivity contribution in [3.8, 4) is 11.3 Å². The summed E-state index contributed by atoms with van der Waals surface area (Å²) >= 11 is 0. The molecule has 0 unspecified atom stereocenters. The molecule has 0 radical (unpaired) electrons. The zero-order valence-electron chi connectivity index (χ0n) is 11.1. The molecule has 0 saturated heterocycles. The molecule has 0 saturated carbocycles. The number of fused-ring (bicyclic) bond motifs is 5. The summed E-state index contributed by atoms with van der Waals surface area (Å²) in [5.74, 6) is 0. The van der Waals surface area contributed by atoms with E-state index in [2.05, 4.69) is 53.9 Å². The molecule has 0 fully saturated rings. The van der Waals surface area contributed by atoms with Crippen LogP contribution in [0.25, 0.3) is 16.9 Å². The summed E-state index contributed by atoms with van der Waals surface area (Å²) in [5, 5.41) is 0. The van der Waals surface area contributed by atoms with Crippen molar-refractivity contribution in [3.05, 3.63) is 59.4 Å². The smallest absolute Gasteiger partial charge is 0.137 e. The Morgan fingerprint density at radius 1 is 1.11 bits per heavy atom. The Morgan fingerprint density at radius 2 is 2.00 bits per heavy atom. The van der Waals surface area contributed by atoms with Gasteiger partial charge < -0.3 is 4.40 Å². The van der Waals surface area contributed by atoms with Crippen LogP contribution in [0.4, 0.5) is 0 Å². The third-order valence-corrected chi connectivity index (χ3v) is 4.01. The second-order valence-corrected chi connectivity index (χ2v) is 5.35. The minimum Gasteiger partial charge on any atom is -0.303 e. The van der Waals surface area contributed by atoms with Crippen molar-refractivity contribution in [1.82, 2.24) is 9.38 Å². The molecule has 0 aliphatic heterocycles. The average molecular weight is 248 g/mol. The molecular weight excluding hydrogens is 232 g/mol. The van der Waals surface area contributed by atoms with Gasteiger partial charge in [-0.1, -0.05) is 24.3 Å².